The summed E-state index contributed by atoms with van der Waals surface area (Å²) in [4.78, 5) is 78.8. The van der Waals surface area contributed by atoms with E-state index < -0.39 is 40.5 Å². The summed E-state index contributed by atoms with van der Waals surface area (Å²) in [5.41, 5.74) is 6.80. The van der Waals surface area contributed by atoms with Gasteiger partial charge in [-0.05, 0) is 213 Å². The molecule has 4 amide bonds. The van der Waals surface area contributed by atoms with Gasteiger partial charge in [0.2, 0.25) is 11.8 Å². The van der Waals surface area contributed by atoms with Crippen molar-refractivity contribution in [2.45, 2.75) is 159 Å². The van der Waals surface area contributed by atoms with Gasteiger partial charge in [0.05, 0.1) is 14.2 Å². The van der Waals surface area contributed by atoms with Crippen molar-refractivity contribution in [2.24, 2.45) is 34.6 Å². The topological polar surface area (TPSA) is 211 Å². The number of nitrogens with one attached hydrogen (secondary N) is 1. The van der Waals surface area contributed by atoms with E-state index in [0.29, 0.717) is 71.4 Å². The van der Waals surface area contributed by atoms with E-state index >= 15 is 0 Å². The van der Waals surface area contributed by atoms with Crippen LogP contribution in [0.2, 0.25) is 0 Å². The molecule has 8 rings (SSSR count). The van der Waals surface area contributed by atoms with Crippen molar-refractivity contribution < 1.29 is 88.9 Å². The Balaban J connectivity index is 0.00000108. The average molecular weight is 1280 g/mol. The minimum atomic E-state index is -0.890. The molecular weight excluding hydrogens is 1190 g/mol. The maximum absolute atomic E-state index is 12.9. The number of aromatic hydroxyl groups is 2. The molecule has 86 heavy (non-hydrogen) atoms. The Labute approximate surface area is 552 Å². The van der Waals surface area contributed by atoms with Crippen molar-refractivity contribution in [3.8, 4) is 23.0 Å². The van der Waals surface area contributed by atoms with Crippen LogP contribution >= 0.6 is 28.6 Å². The summed E-state index contributed by atoms with van der Waals surface area (Å²) >= 11 is 5.29. The third-order valence-corrected chi connectivity index (χ3v) is 14.7. The van der Waals surface area contributed by atoms with E-state index in [1.807, 2.05) is 71.9 Å². The standard InChI is InChI=1S/C20H27NO5.C13H19NO.C13H17NO.C11H19NO3.C9H9ClO2.B.BrH.Na.H/c1-12-9-15(17(22)14-8-7-13(2)16(10-14)25-6)18(23)21(11-12)19(24)26-20(3,4)5;2*1-9-3-6-12(14-8-9)11-5-4-10(2)13(15)7-11;1-8-5-6-9(13)12(7-8)10(14)15-11(2,3)4;1-6-3-4-7(9(10)11)5-8(6)12-2;;;;/h7-8,10,12,15H,9,11H2,1-6H3;4-5,7,9,12,14-15H,3,6,8H2,1-2H3;4-5,7,9,15H,3,6,8H2,1-2H3;8H,5-7H2,1-4H3;3-5H,1-2H3;;1H;;/q;;;;;;;+1;-1/t;9-,12+;;;;;;;/m.1......./s1. The predicted octanol–water partition coefficient (Wildman–Crippen LogP) is 11.2. The quantitative estimate of drug-likeness (QED) is 0.0681. The zero-order valence-electron chi connectivity index (χ0n) is 54.9. The van der Waals surface area contributed by atoms with Crippen LogP contribution in [0.5, 0.6) is 23.0 Å². The van der Waals surface area contributed by atoms with Crippen LogP contribution in [0, 0.1) is 57.3 Å². The summed E-state index contributed by atoms with van der Waals surface area (Å²) in [5.74, 6) is 2.11. The number of carbonyl (C=O) groups excluding carboxylic acids is 6. The number of Topliss-reactive ketones (excluding diaryl/α,β-unsaturated/α-hetero) is 1. The Morgan fingerprint density at radius 2 is 1.14 bits per heavy atom. The number of phenols is 2. The van der Waals surface area contributed by atoms with Crippen molar-refractivity contribution in [1.82, 2.24) is 15.1 Å². The summed E-state index contributed by atoms with van der Waals surface area (Å²) in [5, 5.41) is 22.3. The summed E-state index contributed by atoms with van der Waals surface area (Å²) in [6, 6.07) is 22.5. The van der Waals surface area contributed by atoms with Crippen molar-refractivity contribution in [3.05, 3.63) is 117 Å². The fourth-order valence-corrected chi connectivity index (χ4v) is 9.58. The van der Waals surface area contributed by atoms with Gasteiger partial charge in [0, 0.05) is 57.3 Å². The van der Waals surface area contributed by atoms with Crippen molar-refractivity contribution in [2.75, 3.05) is 40.4 Å². The molecule has 0 aromatic heterocycles. The number of amides is 4. The van der Waals surface area contributed by atoms with Crippen LogP contribution in [0.1, 0.15) is 176 Å². The summed E-state index contributed by atoms with van der Waals surface area (Å²) in [6.45, 7) is 29.4. The molecule has 16 nitrogen and oxygen atoms in total. The molecule has 0 saturated carbocycles. The molecule has 4 aliphatic rings. The maximum Gasteiger partial charge on any atom is 1.00 e. The number of hydrogen-bond acceptors (Lipinski definition) is 14. The molecule has 6 atom stereocenters. The molecule has 0 bridgehead atoms. The molecule has 4 unspecified atom stereocenters. The molecule has 4 aromatic carbocycles. The van der Waals surface area contributed by atoms with E-state index in [9.17, 15) is 39.0 Å². The summed E-state index contributed by atoms with van der Waals surface area (Å²) < 4.78 is 20.8. The number of methoxy groups -OCH3 is 2. The first-order valence-electron chi connectivity index (χ1n) is 28.8. The molecule has 467 valence electrons. The number of rotatable bonds is 7. The van der Waals surface area contributed by atoms with E-state index in [1.165, 1.54) is 36.8 Å². The monoisotopic (exact) mass is 1280 g/mol. The first-order valence-corrected chi connectivity index (χ1v) is 29.2. The van der Waals surface area contributed by atoms with E-state index in [1.54, 1.807) is 85.1 Å². The van der Waals surface area contributed by atoms with Crippen LogP contribution in [0.15, 0.2) is 77.8 Å². The maximum atomic E-state index is 12.9. The zero-order valence-corrected chi connectivity index (χ0v) is 58.3. The van der Waals surface area contributed by atoms with Crippen molar-refractivity contribution in [3.63, 3.8) is 0 Å². The third-order valence-electron chi connectivity index (χ3n) is 14.5. The second-order valence-corrected chi connectivity index (χ2v) is 24.9. The smallest absolute Gasteiger partial charge is 1.00 e. The van der Waals surface area contributed by atoms with E-state index in [0.717, 1.165) is 70.3 Å². The Morgan fingerprint density at radius 1 is 0.640 bits per heavy atom. The number of piperidine rings is 3. The minimum absolute atomic E-state index is 0. The number of nitrogens with zero attached hydrogens (tertiary/aromatic N) is 3. The van der Waals surface area contributed by atoms with Crippen LogP contribution in [0.4, 0.5) is 9.59 Å². The number of phenolic OH excluding ortho intramolecular Hbond substituents is 2. The van der Waals surface area contributed by atoms with Gasteiger partial charge in [-0.3, -0.25) is 24.2 Å². The summed E-state index contributed by atoms with van der Waals surface area (Å²) in [6.07, 6.45) is 5.17. The van der Waals surface area contributed by atoms with Crippen LogP contribution in [0.25, 0.3) is 0 Å². The van der Waals surface area contributed by atoms with Crippen molar-refractivity contribution >= 4 is 77.7 Å². The van der Waals surface area contributed by atoms with Gasteiger partial charge in [0.15, 0.2) is 5.78 Å². The van der Waals surface area contributed by atoms with E-state index in [-0.39, 0.29) is 80.5 Å². The average Bonchev–Trinajstić information content (AvgIpc) is 1.26. The Hall–Kier alpha value is -5.24. The number of carbonyl (C=O) groups is 6. The van der Waals surface area contributed by atoms with Gasteiger partial charge >= 0.3 is 41.7 Å². The predicted molar refractivity (Wildman–Crippen MR) is 343 cm³/mol. The summed E-state index contributed by atoms with van der Waals surface area (Å²) in [7, 11) is 3.10. The van der Waals surface area contributed by atoms with Crippen LogP contribution < -0.4 is 44.3 Å². The zero-order chi connectivity index (χ0) is 62.1. The fourth-order valence-electron chi connectivity index (χ4n) is 9.46. The molecule has 20 heteroatoms. The van der Waals surface area contributed by atoms with Crippen LogP contribution in [-0.4, -0.2) is 121 Å². The van der Waals surface area contributed by atoms with Gasteiger partial charge in [0.25, 0.3) is 5.24 Å². The number of aliphatic imine (C=N–C) groups is 1. The van der Waals surface area contributed by atoms with Gasteiger partial charge in [-0.15, -0.1) is 17.0 Å². The third kappa shape index (κ3) is 25.1. The Kier molecular flexibility index (Phi) is 33.2. The molecule has 3 N–H and O–H groups in total. The Bertz CT molecular complexity index is 2950. The molecule has 3 fully saturated rings. The normalized spacial score (nSPS) is 19.9. The molecule has 4 aromatic rings. The van der Waals surface area contributed by atoms with Gasteiger partial charge < -0.3 is 35.9 Å². The molecule has 0 spiro atoms. The van der Waals surface area contributed by atoms with Crippen LogP contribution in [-0.2, 0) is 19.1 Å². The SMILES string of the molecule is Br.CC1CCC(=O)N(C(=O)OC(C)(C)C)C1.COc1cc(C(=O)C2CC(C)CN(C(=O)OC(C)(C)C)C2=O)ccc1C.COc1cc(C(=O)Cl)ccc1C.Cc1ccc(C2=NCC(C)CC2)cc1O.Cc1ccc([C@@H]2CC[C@@H](C)CN2)cc1O.[B].[H-].[Na+]. The first kappa shape index (κ1) is 78.8. The number of hydrogen-bond donors (Lipinski definition) is 3. The van der Waals surface area contributed by atoms with E-state index in [4.69, 9.17) is 30.5 Å². The second kappa shape index (κ2) is 36.3. The minimum Gasteiger partial charge on any atom is -1.00 e. The number of halogens is 2. The van der Waals surface area contributed by atoms with E-state index in [2.05, 4.69) is 30.2 Å². The molecule has 4 aliphatic heterocycles. The first-order chi connectivity index (χ1) is 38.8. The molecule has 3 saturated heterocycles. The Morgan fingerprint density at radius 3 is 1.63 bits per heavy atom. The number of ketones is 1. The van der Waals surface area contributed by atoms with Gasteiger partial charge in [-0.1, -0.05) is 70.2 Å². The number of ether oxygens (including phenoxy) is 4. The molecule has 4 heterocycles. The molecular formula is C66H93BBrClN4NaO12. The number of benzene rings is 4. The van der Waals surface area contributed by atoms with Gasteiger partial charge in [0.1, 0.15) is 40.1 Å². The number of aryl methyl sites for hydroxylation is 4. The van der Waals surface area contributed by atoms with Gasteiger partial charge in [-0.2, -0.15) is 0 Å². The largest absolute Gasteiger partial charge is 1.00 e. The molecule has 0 aliphatic carbocycles. The fraction of sp³-hybridized carbons (Fsp3) is 0.530. The van der Waals surface area contributed by atoms with Crippen molar-refractivity contribution in [1.29, 1.82) is 0 Å². The number of likely N-dealkylation sites (tertiary alicyclic amines) is 2. The van der Waals surface area contributed by atoms with Gasteiger partial charge in [-0.25, -0.2) is 19.4 Å². The number of imide groups is 2. The molecule has 3 radical (unpaired) electrons. The second-order valence-electron chi connectivity index (χ2n) is 24.6. The van der Waals surface area contributed by atoms with Crippen LogP contribution in [0.3, 0.4) is 0 Å².